The zero-order valence-corrected chi connectivity index (χ0v) is 12.0. The summed E-state index contributed by atoms with van der Waals surface area (Å²) in [6.45, 7) is 3.78. The minimum Gasteiger partial charge on any atom is -0.391 e. The number of nitrogens with zero attached hydrogens (tertiary/aromatic N) is 4. The predicted octanol–water partition coefficient (Wildman–Crippen LogP) is 0.654. The van der Waals surface area contributed by atoms with Crippen molar-refractivity contribution in [1.82, 2.24) is 19.6 Å². The fourth-order valence-corrected chi connectivity index (χ4v) is 2.72. The molecule has 0 bridgehead atoms. The van der Waals surface area contributed by atoms with Crippen LogP contribution in [-0.4, -0.2) is 36.9 Å². The van der Waals surface area contributed by atoms with E-state index in [1.807, 2.05) is 0 Å². The van der Waals surface area contributed by atoms with Crippen molar-refractivity contribution >= 4 is 27.1 Å². The van der Waals surface area contributed by atoms with Gasteiger partial charge in [-0.3, -0.25) is 9.36 Å². The van der Waals surface area contributed by atoms with Gasteiger partial charge in [0.25, 0.3) is 5.56 Å². The summed E-state index contributed by atoms with van der Waals surface area (Å²) in [6.07, 6.45) is -1.58. The lowest BCUT2D eigenvalue weighted by molar-refractivity contribution is -0.0938. The first-order valence-corrected chi connectivity index (χ1v) is 6.76. The highest BCUT2D eigenvalue weighted by Crippen LogP contribution is 2.24. The largest absolute Gasteiger partial charge is 0.391 e. The maximum absolute atomic E-state index is 12.2. The number of ether oxygens (including phenoxy) is 1. The average Bonchev–Trinajstić information content (AvgIpc) is 2.65. The molecule has 0 saturated carbocycles. The second-order valence-corrected chi connectivity index (χ2v) is 5.52. The van der Waals surface area contributed by atoms with Crippen LogP contribution in [0.4, 0.5) is 0 Å². The molecule has 1 aliphatic heterocycles. The van der Waals surface area contributed by atoms with Crippen molar-refractivity contribution in [1.29, 1.82) is 0 Å². The maximum atomic E-state index is 12.2. The highest BCUT2D eigenvalue weighted by atomic mass is 79.9. The molecule has 0 aromatic carbocycles. The van der Waals surface area contributed by atoms with Crippen LogP contribution in [0.15, 0.2) is 15.3 Å². The Kier molecular flexibility index (Phi) is 2.95. The Balaban J connectivity index is 2.29. The molecule has 102 valence electrons. The molecular weight excluding hydrogens is 316 g/mol. The van der Waals surface area contributed by atoms with E-state index in [9.17, 15) is 9.90 Å². The Hall–Kier alpha value is -1.25. The van der Waals surface area contributed by atoms with Gasteiger partial charge in [-0.2, -0.15) is 0 Å². The number of aromatic nitrogens is 4. The molecule has 19 heavy (non-hydrogen) atoms. The van der Waals surface area contributed by atoms with E-state index in [0.717, 1.165) is 0 Å². The molecule has 1 unspecified atom stereocenters. The minimum atomic E-state index is -0.657. The van der Waals surface area contributed by atoms with Crippen LogP contribution in [0.2, 0.25) is 0 Å². The monoisotopic (exact) mass is 328 g/mol. The molecule has 8 heteroatoms. The van der Waals surface area contributed by atoms with Crippen molar-refractivity contribution in [3.8, 4) is 0 Å². The fraction of sp³-hybridized carbons (Fsp3) is 0.545. The van der Waals surface area contributed by atoms with E-state index < -0.39 is 18.4 Å². The van der Waals surface area contributed by atoms with Crippen molar-refractivity contribution in [2.75, 3.05) is 0 Å². The van der Waals surface area contributed by atoms with Gasteiger partial charge in [-0.05, 0) is 35.8 Å². The zero-order valence-electron chi connectivity index (χ0n) is 10.4. The van der Waals surface area contributed by atoms with Crippen LogP contribution in [0.25, 0.3) is 11.2 Å². The molecule has 2 aromatic heterocycles. The molecule has 3 atom stereocenters. The smallest absolute Gasteiger partial charge is 0.268 e. The standard InChI is InChI=1S/C11H13BrN4O3/c1-5(17)9-4-15-10-8(13-14-15)3-7(12)11(18)16(10)6(2)19-9/h3,5-6,9,17H,4H2,1-2H3/t5?,6-,9-/m1/s1. The van der Waals surface area contributed by atoms with E-state index in [2.05, 4.69) is 26.2 Å². The second kappa shape index (κ2) is 4.39. The average molecular weight is 329 g/mol. The molecule has 7 nitrogen and oxygen atoms in total. The molecule has 0 spiro atoms. The van der Waals surface area contributed by atoms with Gasteiger partial charge in [0.15, 0.2) is 5.65 Å². The Morgan fingerprint density at radius 2 is 2.37 bits per heavy atom. The number of halogens is 1. The lowest BCUT2D eigenvalue weighted by Gasteiger charge is -2.22. The fourth-order valence-electron chi connectivity index (χ4n) is 2.31. The van der Waals surface area contributed by atoms with Crippen molar-refractivity contribution in [3.05, 3.63) is 20.9 Å². The van der Waals surface area contributed by atoms with Gasteiger partial charge in [-0.1, -0.05) is 5.21 Å². The number of aliphatic hydroxyl groups is 1. The predicted molar refractivity (Wildman–Crippen MR) is 70.8 cm³/mol. The summed E-state index contributed by atoms with van der Waals surface area (Å²) in [5.74, 6) is 0. The highest BCUT2D eigenvalue weighted by Gasteiger charge is 2.28. The normalized spacial score (nSPS) is 24.4. The molecule has 0 radical (unpaired) electrons. The summed E-state index contributed by atoms with van der Waals surface area (Å²) in [6, 6.07) is 1.65. The van der Waals surface area contributed by atoms with Gasteiger partial charge in [0, 0.05) is 0 Å². The lowest BCUT2D eigenvalue weighted by atomic mass is 10.2. The van der Waals surface area contributed by atoms with E-state index in [1.54, 1.807) is 24.6 Å². The third kappa shape index (κ3) is 1.90. The molecule has 0 saturated heterocycles. The topological polar surface area (TPSA) is 82.2 Å². The molecule has 3 rings (SSSR count). The van der Waals surface area contributed by atoms with Crippen molar-refractivity contribution in [2.45, 2.75) is 38.8 Å². The summed E-state index contributed by atoms with van der Waals surface area (Å²) >= 11 is 3.22. The highest BCUT2D eigenvalue weighted by molar-refractivity contribution is 9.10. The number of hydrogen-bond acceptors (Lipinski definition) is 5. The van der Waals surface area contributed by atoms with Crippen molar-refractivity contribution in [2.24, 2.45) is 0 Å². The van der Waals surface area contributed by atoms with E-state index in [0.29, 0.717) is 22.2 Å². The summed E-state index contributed by atoms with van der Waals surface area (Å²) in [4.78, 5) is 12.2. The molecular formula is C11H13BrN4O3. The Morgan fingerprint density at radius 1 is 1.63 bits per heavy atom. The van der Waals surface area contributed by atoms with E-state index in [-0.39, 0.29) is 5.56 Å². The van der Waals surface area contributed by atoms with Crippen LogP contribution < -0.4 is 5.56 Å². The van der Waals surface area contributed by atoms with Gasteiger partial charge < -0.3 is 9.84 Å². The van der Waals surface area contributed by atoms with Crippen molar-refractivity contribution < 1.29 is 9.84 Å². The van der Waals surface area contributed by atoms with Gasteiger partial charge in [-0.15, -0.1) is 5.10 Å². The Morgan fingerprint density at radius 3 is 3.05 bits per heavy atom. The first-order valence-electron chi connectivity index (χ1n) is 5.97. The molecule has 0 fully saturated rings. The summed E-state index contributed by atoms with van der Waals surface area (Å²) in [7, 11) is 0. The number of rotatable bonds is 1. The first kappa shape index (κ1) is 12.8. The van der Waals surface area contributed by atoms with Crippen LogP contribution in [0.1, 0.15) is 20.1 Å². The van der Waals surface area contributed by atoms with E-state index >= 15 is 0 Å². The van der Waals surface area contributed by atoms with Gasteiger partial charge in [0.1, 0.15) is 17.8 Å². The van der Waals surface area contributed by atoms with Crippen molar-refractivity contribution in [3.63, 3.8) is 0 Å². The van der Waals surface area contributed by atoms with Gasteiger partial charge in [0.2, 0.25) is 0 Å². The minimum absolute atomic E-state index is 0.199. The Bertz CT molecular complexity index is 693. The quantitative estimate of drug-likeness (QED) is 0.831. The number of aliphatic hydroxyl groups excluding tert-OH is 1. The molecule has 3 heterocycles. The zero-order chi connectivity index (χ0) is 13.7. The second-order valence-electron chi connectivity index (χ2n) is 4.66. The summed E-state index contributed by atoms with van der Waals surface area (Å²) in [5, 5.41) is 17.8. The first-order chi connectivity index (χ1) is 8.99. The van der Waals surface area contributed by atoms with Crippen LogP contribution in [0.3, 0.4) is 0 Å². The third-order valence-corrected chi connectivity index (χ3v) is 3.84. The molecule has 0 aliphatic carbocycles. The van der Waals surface area contributed by atoms with E-state index in [4.69, 9.17) is 4.74 Å². The summed E-state index contributed by atoms with van der Waals surface area (Å²) in [5.41, 5.74) is 1.03. The van der Waals surface area contributed by atoms with Crippen LogP contribution in [0, 0.1) is 0 Å². The Labute approximate surface area is 116 Å². The van der Waals surface area contributed by atoms with Crippen LogP contribution >= 0.6 is 15.9 Å². The summed E-state index contributed by atoms with van der Waals surface area (Å²) < 4.78 is 9.26. The molecule has 1 N–H and O–H groups in total. The molecule has 1 aliphatic rings. The van der Waals surface area contributed by atoms with Gasteiger partial charge in [-0.25, -0.2) is 4.68 Å². The van der Waals surface area contributed by atoms with Gasteiger partial charge in [0.05, 0.1) is 17.1 Å². The van der Waals surface area contributed by atoms with Gasteiger partial charge >= 0.3 is 0 Å². The van der Waals surface area contributed by atoms with E-state index in [1.165, 1.54) is 4.57 Å². The molecule has 2 aromatic rings. The number of pyridine rings is 1. The SMILES string of the molecule is CC(O)[C@H]1Cn2nnc3cc(Br)c(=O)n(c32)[C@@H](C)O1. The molecule has 0 amide bonds. The maximum Gasteiger partial charge on any atom is 0.268 e. The number of hydrogen-bond donors (Lipinski definition) is 1. The van der Waals surface area contributed by atoms with Crippen LogP contribution in [0.5, 0.6) is 0 Å². The third-order valence-electron chi connectivity index (χ3n) is 3.28. The lowest BCUT2D eigenvalue weighted by Crippen LogP contribution is -2.32. The van der Waals surface area contributed by atoms with Crippen LogP contribution in [-0.2, 0) is 11.3 Å².